The lowest BCUT2D eigenvalue weighted by Gasteiger charge is -2.07. The Kier molecular flexibility index (Phi) is 4.55. The Hall–Kier alpha value is -1.13. The van der Waals surface area contributed by atoms with Crippen LogP contribution in [0.1, 0.15) is 49.0 Å². The van der Waals surface area contributed by atoms with E-state index in [0.717, 1.165) is 31.5 Å². The molecule has 0 saturated heterocycles. The Balaban J connectivity index is 2.01. The number of hydrogen-bond acceptors (Lipinski definition) is 3. The van der Waals surface area contributed by atoms with Crippen molar-refractivity contribution in [3.63, 3.8) is 0 Å². The molecule has 2 heterocycles. The van der Waals surface area contributed by atoms with Crippen molar-refractivity contribution in [3.8, 4) is 0 Å². The number of nitrogens with zero attached hydrogens (tertiary/aromatic N) is 2. The molecule has 1 atom stereocenters. The molecule has 18 heavy (non-hydrogen) atoms. The minimum atomic E-state index is 0.165. The third-order valence-corrected chi connectivity index (χ3v) is 4.09. The number of thiazole rings is 1. The van der Waals surface area contributed by atoms with Gasteiger partial charge in [-0.2, -0.15) is 0 Å². The lowest BCUT2D eigenvalue weighted by Crippen LogP contribution is -2.08. The Bertz CT molecular complexity index is 487. The molecule has 0 amide bonds. The van der Waals surface area contributed by atoms with Crippen LogP contribution in [0.5, 0.6) is 0 Å². The van der Waals surface area contributed by atoms with Gasteiger partial charge in [-0.05, 0) is 24.5 Å². The van der Waals surface area contributed by atoms with Crippen molar-refractivity contribution in [2.75, 3.05) is 0 Å². The van der Waals surface area contributed by atoms with Gasteiger partial charge in [0.2, 0.25) is 0 Å². The van der Waals surface area contributed by atoms with Crippen molar-refractivity contribution in [2.24, 2.45) is 5.73 Å². The van der Waals surface area contributed by atoms with E-state index in [1.165, 1.54) is 10.6 Å². The molecule has 0 spiro atoms. The lowest BCUT2D eigenvalue weighted by molar-refractivity contribution is 0.635. The Labute approximate surface area is 113 Å². The third kappa shape index (κ3) is 3.21. The fraction of sp³-hybridized carbons (Fsp3) is 0.500. The predicted molar refractivity (Wildman–Crippen MR) is 76.9 cm³/mol. The molecule has 2 rings (SSSR count). The number of aryl methyl sites for hydroxylation is 1. The van der Waals surface area contributed by atoms with Gasteiger partial charge in [0.25, 0.3) is 0 Å². The summed E-state index contributed by atoms with van der Waals surface area (Å²) in [7, 11) is 0. The predicted octanol–water partition coefficient (Wildman–Crippen LogP) is 3.36. The molecule has 0 aliphatic rings. The maximum Gasteiger partial charge on any atom is 0.0926 e. The quantitative estimate of drug-likeness (QED) is 0.868. The molecule has 98 valence electrons. The topological polar surface area (TPSA) is 43.8 Å². The Morgan fingerprint density at radius 1 is 1.44 bits per heavy atom. The highest BCUT2D eigenvalue weighted by Crippen LogP contribution is 2.17. The van der Waals surface area contributed by atoms with Crippen molar-refractivity contribution in [1.82, 2.24) is 9.55 Å². The second-order valence-electron chi connectivity index (χ2n) is 4.60. The van der Waals surface area contributed by atoms with Gasteiger partial charge in [0, 0.05) is 23.8 Å². The average molecular weight is 263 g/mol. The molecule has 2 aromatic rings. The van der Waals surface area contributed by atoms with E-state index in [1.807, 2.05) is 0 Å². The molecular weight excluding hydrogens is 242 g/mol. The maximum atomic E-state index is 6.11. The number of hydrogen-bond donors (Lipinski definition) is 1. The molecule has 2 aromatic heterocycles. The van der Waals surface area contributed by atoms with Gasteiger partial charge in [0.1, 0.15) is 0 Å². The maximum absolute atomic E-state index is 6.11. The zero-order chi connectivity index (χ0) is 13.0. The van der Waals surface area contributed by atoms with Crippen LogP contribution in [0.15, 0.2) is 23.8 Å². The number of nitrogens with two attached hydrogens (primary N) is 1. The van der Waals surface area contributed by atoms with Gasteiger partial charge in [-0.3, -0.25) is 0 Å². The van der Waals surface area contributed by atoms with Crippen molar-refractivity contribution in [2.45, 2.75) is 45.7 Å². The van der Waals surface area contributed by atoms with Gasteiger partial charge >= 0.3 is 0 Å². The molecule has 0 radical (unpaired) electrons. The van der Waals surface area contributed by atoms with Gasteiger partial charge in [0.15, 0.2) is 0 Å². The van der Waals surface area contributed by atoms with Crippen molar-refractivity contribution >= 4 is 11.3 Å². The van der Waals surface area contributed by atoms with Gasteiger partial charge < -0.3 is 10.3 Å². The van der Waals surface area contributed by atoms with Crippen molar-refractivity contribution in [1.29, 1.82) is 0 Å². The number of aromatic nitrogens is 2. The van der Waals surface area contributed by atoms with Gasteiger partial charge in [-0.25, -0.2) is 4.98 Å². The SMILES string of the molecule is CCCC(N)c1ccn(Cc2csc(CC)n2)c1. The summed E-state index contributed by atoms with van der Waals surface area (Å²) in [5.41, 5.74) is 8.48. The van der Waals surface area contributed by atoms with Crippen molar-refractivity contribution < 1.29 is 0 Å². The highest BCUT2D eigenvalue weighted by Gasteiger charge is 2.07. The molecule has 0 fully saturated rings. The van der Waals surface area contributed by atoms with Crippen LogP contribution in [0.3, 0.4) is 0 Å². The molecule has 0 saturated carbocycles. The summed E-state index contributed by atoms with van der Waals surface area (Å²) >= 11 is 1.74. The van der Waals surface area contributed by atoms with Crippen LogP contribution in [0.2, 0.25) is 0 Å². The van der Waals surface area contributed by atoms with Crippen LogP contribution in [-0.2, 0) is 13.0 Å². The Morgan fingerprint density at radius 3 is 2.94 bits per heavy atom. The zero-order valence-corrected chi connectivity index (χ0v) is 11.9. The fourth-order valence-electron chi connectivity index (χ4n) is 2.03. The van der Waals surface area contributed by atoms with E-state index < -0.39 is 0 Å². The minimum Gasteiger partial charge on any atom is -0.348 e. The van der Waals surface area contributed by atoms with E-state index >= 15 is 0 Å². The molecule has 1 unspecified atom stereocenters. The van der Waals surface area contributed by atoms with Crippen LogP contribution in [0.25, 0.3) is 0 Å². The molecule has 0 aliphatic carbocycles. The first-order chi connectivity index (χ1) is 8.72. The standard InChI is InChI=1S/C14H21N3S/c1-3-5-13(15)11-6-7-17(8-11)9-12-10-18-14(4-2)16-12/h6-8,10,13H,3-5,9,15H2,1-2H3. The molecule has 4 heteroatoms. The largest absolute Gasteiger partial charge is 0.348 e. The highest BCUT2D eigenvalue weighted by atomic mass is 32.1. The number of rotatable bonds is 6. The first-order valence-electron chi connectivity index (χ1n) is 6.57. The van der Waals surface area contributed by atoms with E-state index in [9.17, 15) is 0 Å². The van der Waals surface area contributed by atoms with Crippen LogP contribution in [0.4, 0.5) is 0 Å². The first kappa shape index (κ1) is 13.3. The minimum absolute atomic E-state index is 0.165. The van der Waals surface area contributed by atoms with Crippen LogP contribution in [-0.4, -0.2) is 9.55 Å². The fourth-order valence-corrected chi connectivity index (χ4v) is 2.76. The Morgan fingerprint density at radius 2 is 2.28 bits per heavy atom. The second kappa shape index (κ2) is 6.16. The summed E-state index contributed by atoms with van der Waals surface area (Å²) in [6.07, 6.45) is 7.42. The van der Waals surface area contributed by atoms with Crippen LogP contribution >= 0.6 is 11.3 Å². The van der Waals surface area contributed by atoms with Gasteiger partial charge in [-0.1, -0.05) is 20.3 Å². The van der Waals surface area contributed by atoms with E-state index in [4.69, 9.17) is 5.73 Å². The van der Waals surface area contributed by atoms with Crippen LogP contribution < -0.4 is 5.73 Å². The molecule has 0 aromatic carbocycles. The molecule has 2 N–H and O–H groups in total. The van der Waals surface area contributed by atoms with Crippen molar-refractivity contribution in [3.05, 3.63) is 40.1 Å². The summed E-state index contributed by atoms with van der Waals surface area (Å²) < 4.78 is 2.17. The average Bonchev–Trinajstić information content (AvgIpc) is 2.99. The smallest absolute Gasteiger partial charge is 0.0926 e. The van der Waals surface area contributed by atoms with E-state index in [2.05, 4.69) is 47.2 Å². The first-order valence-corrected chi connectivity index (χ1v) is 7.45. The van der Waals surface area contributed by atoms with E-state index in [1.54, 1.807) is 11.3 Å². The summed E-state index contributed by atoms with van der Waals surface area (Å²) in [6, 6.07) is 2.28. The molecule has 3 nitrogen and oxygen atoms in total. The molecular formula is C14H21N3S. The summed E-state index contributed by atoms with van der Waals surface area (Å²) in [5, 5.41) is 3.35. The molecule has 0 aliphatic heterocycles. The van der Waals surface area contributed by atoms with E-state index in [0.29, 0.717) is 0 Å². The normalized spacial score (nSPS) is 12.8. The second-order valence-corrected chi connectivity index (χ2v) is 5.54. The van der Waals surface area contributed by atoms with Crippen LogP contribution in [0, 0.1) is 0 Å². The molecule has 0 bridgehead atoms. The zero-order valence-electron chi connectivity index (χ0n) is 11.1. The monoisotopic (exact) mass is 263 g/mol. The van der Waals surface area contributed by atoms with Gasteiger partial charge in [-0.15, -0.1) is 11.3 Å². The highest BCUT2D eigenvalue weighted by molar-refractivity contribution is 7.09. The third-order valence-electron chi connectivity index (χ3n) is 3.05. The van der Waals surface area contributed by atoms with E-state index in [-0.39, 0.29) is 6.04 Å². The summed E-state index contributed by atoms with van der Waals surface area (Å²) in [5.74, 6) is 0. The lowest BCUT2D eigenvalue weighted by atomic mass is 10.1. The summed E-state index contributed by atoms with van der Waals surface area (Å²) in [6.45, 7) is 5.15. The van der Waals surface area contributed by atoms with Gasteiger partial charge in [0.05, 0.1) is 17.2 Å². The summed E-state index contributed by atoms with van der Waals surface area (Å²) in [4.78, 5) is 4.58.